The fourth-order valence-electron chi connectivity index (χ4n) is 3.26. The van der Waals surface area contributed by atoms with Gasteiger partial charge in [0.25, 0.3) is 5.56 Å². The minimum Gasteiger partial charge on any atom is -0.495 e. The molecule has 0 radical (unpaired) electrons. The van der Waals surface area contributed by atoms with E-state index in [1.54, 1.807) is 24.3 Å². The highest BCUT2D eigenvalue weighted by atomic mass is 35.5. The molecular weight excluding hydrogens is 402 g/mol. The summed E-state index contributed by atoms with van der Waals surface area (Å²) in [6.45, 7) is -0.243. The number of hydrogen-bond acceptors (Lipinski definition) is 4. The van der Waals surface area contributed by atoms with Gasteiger partial charge in [0.15, 0.2) is 0 Å². The molecule has 0 aliphatic heterocycles. The van der Waals surface area contributed by atoms with Crippen molar-refractivity contribution in [3.05, 3.63) is 88.2 Å². The molecule has 150 valence electrons. The van der Waals surface area contributed by atoms with Crippen molar-refractivity contribution in [2.75, 3.05) is 12.4 Å². The van der Waals surface area contributed by atoms with Crippen molar-refractivity contribution in [1.82, 2.24) is 9.78 Å². The molecule has 6 nitrogen and oxygen atoms in total. The summed E-state index contributed by atoms with van der Waals surface area (Å²) in [5.41, 5.74) is 1.55. The van der Waals surface area contributed by atoms with Gasteiger partial charge in [0.05, 0.1) is 18.5 Å². The van der Waals surface area contributed by atoms with Crippen LogP contribution in [0.4, 0.5) is 5.69 Å². The SMILES string of the molecule is COc1ccc(Cl)cc1NC(=O)Cn1nc(-c2cccc3ccccc23)ccc1=O. The third-order valence-electron chi connectivity index (χ3n) is 4.66. The Balaban J connectivity index is 1.64. The molecule has 4 aromatic rings. The molecule has 1 heterocycles. The summed E-state index contributed by atoms with van der Waals surface area (Å²) in [5, 5.41) is 9.69. The number of aromatic nitrogens is 2. The normalized spacial score (nSPS) is 10.7. The molecular formula is C23H18ClN3O3. The summed E-state index contributed by atoms with van der Waals surface area (Å²) < 4.78 is 6.38. The Labute approximate surface area is 177 Å². The molecule has 0 unspecified atom stereocenters. The van der Waals surface area contributed by atoms with Crippen LogP contribution in [0, 0.1) is 0 Å². The molecule has 1 amide bonds. The predicted octanol–water partition coefficient (Wildman–Crippen LogP) is 4.36. The van der Waals surface area contributed by atoms with Gasteiger partial charge < -0.3 is 10.1 Å². The molecule has 0 saturated carbocycles. The van der Waals surface area contributed by atoms with E-state index in [-0.39, 0.29) is 12.1 Å². The van der Waals surface area contributed by atoms with Gasteiger partial charge in [-0.15, -0.1) is 0 Å². The monoisotopic (exact) mass is 419 g/mol. The summed E-state index contributed by atoms with van der Waals surface area (Å²) >= 11 is 6.00. The van der Waals surface area contributed by atoms with E-state index < -0.39 is 5.91 Å². The van der Waals surface area contributed by atoms with Crippen molar-refractivity contribution >= 4 is 34.0 Å². The first kappa shape index (κ1) is 19.7. The first-order chi connectivity index (χ1) is 14.5. The number of methoxy groups -OCH3 is 1. The largest absolute Gasteiger partial charge is 0.495 e. The number of carbonyl (C=O) groups is 1. The van der Waals surface area contributed by atoms with E-state index in [0.29, 0.717) is 22.2 Å². The summed E-state index contributed by atoms with van der Waals surface area (Å²) in [4.78, 5) is 24.9. The number of nitrogens with zero attached hydrogens (tertiary/aromatic N) is 2. The van der Waals surface area contributed by atoms with Gasteiger partial charge in [-0.1, -0.05) is 54.1 Å². The third kappa shape index (κ3) is 4.04. The van der Waals surface area contributed by atoms with Gasteiger partial charge in [-0.05, 0) is 35.0 Å². The van der Waals surface area contributed by atoms with E-state index in [1.165, 1.54) is 13.2 Å². The zero-order chi connectivity index (χ0) is 21.1. The highest BCUT2D eigenvalue weighted by molar-refractivity contribution is 6.31. The molecule has 0 spiro atoms. The number of halogens is 1. The third-order valence-corrected chi connectivity index (χ3v) is 4.90. The minimum atomic E-state index is -0.416. The maximum Gasteiger partial charge on any atom is 0.267 e. The Bertz CT molecular complexity index is 1300. The van der Waals surface area contributed by atoms with Crippen molar-refractivity contribution in [2.24, 2.45) is 0 Å². The number of carbonyl (C=O) groups excluding carboxylic acids is 1. The van der Waals surface area contributed by atoms with Crippen molar-refractivity contribution in [3.8, 4) is 17.0 Å². The number of benzene rings is 3. The zero-order valence-corrected chi connectivity index (χ0v) is 16.9. The standard InChI is InChI=1S/C23H18ClN3O3/c1-30-21-11-9-16(24)13-20(21)25-22(28)14-27-23(29)12-10-19(26-27)18-8-4-6-15-5-2-3-7-17(15)18/h2-13H,14H2,1H3,(H,25,28). The van der Waals surface area contributed by atoms with Gasteiger partial charge >= 0.3 is 0 Å². The van der Waals surface area contributed by atoms with Crippen molar-refractivity contribution in [1.29, 1.82) is 0 Å². The molecule has 0 bridgehead atoms. The lowest BCUT2D eigenvalue weighted by atomic mass is 10.0. The number of rotatable bonds is 5. The van der Waals surface area contributed by atoms with Crippen molar-refractivity contribution < 1.29 is 9.53 Å². The van der Waals surface area contributed by atoms with Crippen LogP contribution in [0.2, 0.25) is 5.02 Å². The highest BCUT2D eigenvalue weighted by Crippen LogP contribution is 2.28. The van der Waals surface area contributed by atoms with Crippen LogP contribution < -0.4 is 15.6 Å². The highest BCUT2D eigenvalue weighted by Gasteiger charge is 2.12. The fourth-order valence-corrected chi connectivity index (χ4v) is 3.43. The van der Waals surface area contributed by atoms with E-state index in [4.69, 9.17) is 16.3 Å². The molecule has 7 heteroatoms. The molecule has 0 fully saturated rings. The van der Waals surface area contributed by atoms with Crippen LogP contribution >= 0.6 is 11.6 Å². The number of nitrogens with one attached hydrogen (secondary N) is 1. The van der Waals surface area contributed by atoms with E-state index in [2.05, 4.69) is 10.4 Å². The number of hydrogen-bond donors (Lipinski definition) is 1. The fraction of sp³-hybridized carbons (Fsp3) is 0.0870. The topological polar surface area (TPSA) is 73.2 Å². The summed E-state index contributed by atoms with van der Waals surface area (Å²) in [6.07, 6.45) is 0. The van der Waals surface area contributed by atoms with Crippen LogP contribution in [-0.2, 0) is 11.3 Å². The summed E-state index contributed by atoms with van der Waals surface area (Å²) in [7, 11) is 1.50. The predicted molar refractivity (Wildman–Crippen MR) is 118 cm³/mol. The van der Waals surface area contributed by atoms with Crippen LogP contribution in [0.15, 0.2) is 77.6 Å². The van der Waals surface area contributed by atoms with E-state index >= 15 is 0 Å². The Morgan fingerprint density at radius 2 is 1.87 bits per heavy atom. The maximum absolute atomic E-state index is 12.6. The van der Waals surface area contributed by atoms with Gasteiger partial charge in [0.1, 0.15) is 12.3 Å². The minimum absolute atomic E-state index is 0.243. The molecule has 0 aliphatic rings. The average molecular weight is 420 g/mol. The number of ether oxygens (including phenoxy) is 1. The summed E-state index contributed by atoms with van der Waals surface area (Å²) in [5.74, 6) is 0.0535. The summed E-state index contributed by atoms with van der Waals surface area (Å²) in [6, 6.07) is 21.8. The van der Waals surface area contributed by atoms with Gasteiger partial charge in [0, 0.05) is 16.7 Å². The number of amides is 1. The Hall–Kier alpha value is -3.64. The first-order valence-electron chi connectivity index (χ1n) is 9.25. The first-order valence-corrected chi connectivity index (χ1v) is 9.62. The number of anilines is 1. The molecule has 1 aromatic heterocycles. The van der Waals surface area contributed by atoms with Gasteiger partial charge in [0.2, 0.25) is 5.91 Å². The van der Waals surface area contributed by atoms with Gasteiger partial charge in [-0.25, -0.2) is 4.68 Å². The van der Waals surface area contributed by atoms with Gasteiger partial charge in [-0.3, -0.25) is 9.59 Å². The Morgan fingerprint density at radius 3 is 2.70 bits per heavy atom. The van der Waals surface area contributed by atoms with Crippen LogP contribution in [0.5, 0.6) is 5.75 Å². The van der Waals surface area contributed by atoms with Crippen LogP contribution in [0.25, 0.3) is 22.0 Å². The lowest BCUT2D eigenvalue weighted by Gasteiger charge is -2.12. The van der Waals surface area contributed by atoms with E-state index in [0.717, 1.165) is 21.0 Å². The lowest BCUT2D eigenvalue weighted by molar-refractivity contribution is -0.117. The Morgan fingerprint density at radius 1 is 1.07 bits per heavy atom. The second-order valence-corrected chi connectivity index (χ2v) is 7.07. The van der Waals surface area contributed by atoms with Crippen LogP contribution in [-0.4, -0.2) is 22.8 Å². The second kappa shape index (κ2) is 8.39. The molecule has 4 rings (SSSR count). The molecule has 30 heavy (non-hydrogen) atoms. The quantitative estimate of drug-likeness (QED) is 0.521. The average Bonchev–Trinajstić information content (AvgIpc) is 2.75. The second-order valence-electron chi connectivity index (χ2n) is 6.63. The Kier molecular flexibility index (Phi) is 5.50. The zero-order valence-electron chi connectivity index (χ0n) is 16.1. The van der Waals surface area contributed by atoms with Crippen molar-refractivity contribution in [3.63, 3.8) is 0 Å². The maximum atomic E-state index is 12.6. The van der Waals surface area contributed by atoms with E-state index in [1.807, 2.05) is 42.5 Å². The molecule has 0 saturated heterocycles. The lowest BCUT2D eigenvalue weighted by Crippen LogP contribution is -2.29. The van der Waals surface area contributed by atoms with Crippen LogP contribution in [0.3, 0.4) is 0 Å². The molecule has 0 aliphatic carbocycles. The smallest absolute Gasteiger partial charge is 0.267 e. The molecule has 3 aromatic carbocycles. The van der Waals surface area contributed by atoms with Crippen molar-refractivity contribution in [2.45, 2.75) is 6.54 Å². The molecule has 0 atom stereocenters. The molecule has 1 N–H and O–H groups in total. The van der Waals surface area contributed by atoms with E-state index in [9.17, 15) is 9.59 Å². The number of fused-ring (bicyclic) bond motifs is 1. The van der Waals surface area contributed by atoms with Gasteiger partial charge in [-0.2, -0.15) is 5.10 Å². The van der Waals surface area contributed by atoms with Crippen LogP contribution in [0.1, 0.15) is 0 Å².